The van der Waals surface area contributed by atoms with Crippen molar-refractivity contribution in [1.82, 2.24) is 0 Å². The number of fused-ring (bicyclic) bond motifs is 3. The molecule has 0 radical (unpaired) electrons. The van der Waals surface area contributed by atoms with Gasteiger partial charge in [0.05, 0.1) is 0 Å². The van der Waals surface area contributed by atoms with E-state index in [1.165, 1.54) is 27.6 Å². The Morgan fingerprint density at radius 3 is 2.47 bits per heavy atom. The topological polar surface area (TPSA) is 26.0 Å². The normalized spacial score (nSPS) is 12.7. The third-order valence-corrected chi connectivity index (χ3v) is 4.33. The zero-order chi connectivity index (χ0) is 13.6. The van der Waals surface area contributed by atoms with Gasteiger partial charge in [0.1, 0.15) is 0 Å². The number of hydrogen-bond donors (Lipinski definition) is 1. The van der Waals surface area contributed by atoms with E-state index in [2.05, 4.69) is 57.2 Å². The molecule has 0 bridgehead atoms. The molecular weight excluding hydrogens is 229 g/mol. The maximum absolute atomic E-state index is 6.48. The molecule has 0 aliphatic carbocycles. The monoisotopic (exact) mass is 249 g/mol. The van der Waals surface area contributed by atoms with Gasteiger partial charge in [0, 0.05) is 5.69 Å². The highest BCUT2D eigenvalue weighted by Gasteiger charge is 2.32. The summed E-state index contributed by atoms with van der Waals surface area (Å²) in [6.07, 6.45) is 1.11. The van der Waals surface area contributed by atoms with Gasteiger partial charge in [0.2, 0.25) is 6.71 Å². The summed E-state index contributed by atoms with van der Waals surface area (Å²) in [5.41, 5.74) is 14.3. The first-order valence-electron chi connectivity index (χ1n) is 7.16. The first-order chi connectivity index (χ1) is 9.15. The van der Waals surface area contributed by atoms with Crippen molar-refractivity contribution in [3.63, 3.8) is 0 Å². The van der Waals surface area contributed by atoms with Crippen LogP contribution in [-0.4, -0.2) is 6.71 Å². The predicted octanol–water partition coefficient (Wildman–Crippen LogP) is 3.00. The number of benzene rings is 2. The van der Waals surface area contributed by atoms with Crippen molar-refractivity contribution in [3.8, 4) is 11.1 Å². The summed E-state index contributed by atoms with van der Waals surface area (Å²) in [7, 11) is 0. The molecule has 0 unspecified atom stereocenters. The van der Waals surface area contributed by atoms with Crippen LogP contribution in [0.5, 0.6) is 0 Å². The Hall–Kier alpha value is -1.70. The second-order valence-electron chi connectivity index (χ2n) is 5.73. The van der Waals surface area contributed by atoms with Crippen LogP contribution in [0.1, 0.15) is 32.3 Å². The molecule has 0 spiro atoms. The molecule has 2 aromatic rings. The fourth-order valence-corrected chi connectivity index (χ4v) is 3.39. The summed E-state index contributed by atoms with van der Waals surface area (Å²) in [6.45, 7) is 7.13. The molecule has 1 heterocycles. The van der Waals surface area contributed by atoms with Crippen LogP contribution in [0.2, 0.25) is 6.32 Å². The number of nitrogens with two attached hydrogens (primary N) is 1. The molecule has 0 fully saturated rings. The van der Waals surface area contributed by atoms with Crippen LogP contribution in [0.25, 0.3) is 11.1 Å². The van der Waals surface area contributed by atoms with Crippen molar-refractivity contribution in [2.24, 2.45) is 0 Å². The zero-order valence-corrected chi connectivity index (χ0v) is 11.9. The van der Waals surface area contributed by atoms with Gasteiger partial charge in [-0.25, -0.2) is 0 Å². The Bertz CT molecular complexity index is 631. The molecule has 0 saturated heterocycles. The second-order valence-corrected chi connectivity index (χ2v) is 5.73. The lowest BCUT2D eigenvalue weighted by Gasteiger charge is -2.16. The van der Waals surface area contributed by atoms with Crippen LogP contribution in [-0.2, 0) is 0 Å². The Kier molecular flexibility index (Phi) is 2.89. The molecule has 2 heteroatoms. The SMILES string of the molecule is CCB1c2ccccc2-c2ccc(C(C)C)c(N)c21. The fraction of sp³-hybridized carbons (Fsp3) is 0.294. The van der Waals surface area contributed by atoms with Crippen LogP contribution >= 0.6 is 0 Å². The highest BCUT2D eigenvalue weighted by atomic mass is 14.6. The van der Waals surface area contributed by atoms with Gasteiger partial charge in [0.15, 0.2) is 0 Å². The molecule has 0 amide bonds. The molecule has 1 aliphatic rings. The van der Waals surface area contributed by atoms with Gasteiger partial charge in [-0.15, -0.1) is 0 Å². The Balaban J connectivity index is 2.28. The molecule has 2 aromatic carbocycles. The Morgan fingerprint density at radius 2 is 1.79 bits per heavy atom. The first-order valence-corrected chi connectivity index (χ1v) is 7.16. The molecule has 3 rings (SSSR count). The van der Waals surface area contributed by atoms with Gasteiger partial charge in [-0.05, 0) is 28.1 Å². The summed E-state index contributed by atoms with van der Waals surface area (Å²) in [6, 6.07) is 13.2. The van der Waals surface area contributed by atoms with Crippen LogP contribution in [0, 0.1) is 0 Å². The van der Waals surface area contributed by atoms with E-state index in [1.807, 2.05) is 0 Å². The van der Waals surface area contributed by atoms with E-state index in [1.54, 1.807) is 0 Å². The van der Waals surface area contributed by atoms with Crippen molar-refractivity contribution < 1.29 is 0 Å². The Morgan fingerprint density at radius 1 is 1.05 bits per heavy atom. The average molecular weight is 249 g/mol. The van der Waals surface area contributed by atoms with E-state index < -0.39 is 0 Å². The first kappa shape index (κ1) is 12.3. The molecule has 19 heavy (non-hydrogen) atoms. The van der Waals surface area contributed by atoms with E-state index in [0.717, 1.165) is 12.0 Å². The molecule has 2 N–H and O–H groups in total. The molecule has 1 nitrogen and oxygen atoms in total. The predicted molar refractivity (Wildman–Crippen MR) is 85.9 cm³/mol. The van der Waals surface area contributed by atoms with Gasteiger partial charge in [-0.3, -0.25) is 0 Å². The van der Waals surface area contributed by atoms with Crippen LogP contribution < -0.4 is 16.7 Å². The lowest BCUT2D eigenvalue weighted by molar-refractivity contribution is 0.871. The van der Waals surface area contributed by atoms with Crippen LogP contribution in [0.4, 0.5) is 5.69 Å². The minimum atomic E-state index is 0.463. The molecule has 0 aromatic heterocycles. The number of anilines is 1. The quantitative estimate of drug-likeness (QED) is 0.642. The van der Waals surface area contributed by atoms with Crippen LogP contribution in [0.3, 0.4) is 0 Å². The summed E-state index contributed by atoms with van der Waals surface area (Å²) in [4.78, 5) is 0. The number of rotatable bonds is 2. The van der Waals surface area contributed by atoms with Crippen molar-refractivity contribution >= 4 is 23.3 Å². The lowest BCUT2D eigenvalue weighted by Crippen LogP contribution is -2.38. The lowest BCUT2D eigenvalue weighted by atomic mass is 9.41. The zero-order valence-electron chi connectivity index (χ0n) is 11.9. The summed E-state index contributed by atoms with van der Waals surface area (Å²) in [5.74, 6) is 0.478. The molecule has 1 aliphatic heterocycles. The van der Waals surface area contributed by atoms with Crippen molar-refractivity contribution in [2.45, 2.75) is 33.0 Å². The highest BCUT2D eigenvalue weighted by molar-refractivity contribution is 6.90. The van der Waals surface area contributed by atoms with Crippen molar-refractivity contribution in [3.05, 3.63) is 42.0 Å². The van der Waals surface area contributed by atoms with E-state index >= 15 is 0 Å². The minimum Gasteiger partial charge on any atom is -0.399 e. The molecule has 96 valence electrons. The maximum Gasteiger partial charge on any atom is 0.213 e. The molecule has 0 atom stereocenters. The van der Waals surface area contributed by atoms with Crippen molar-refractivity contribution in [1.29, 1.82) is 0 Å². The molecule has 0 saturated carbocycles. The van der Waals surface area contributed by atoms with E-state index in [9.17, 15) is 0 Å². The summed E-state index contributed by atoms with van der Waals surface area (Å²) < 4.78 is 0. The van der Waals surface area contributed by atoms with Gasteiger partial charge < -0.3 is 5.73 Å². The standard InChI is InChI=1S/C17H20BN/c1-4-18-15-8-6-5-7-13(15)14-10-9-12(11(2)3)17(19)16(14)18/h5-11H,4,19H2,1-3H3. The molecular formula is C17H20BN. The van der Waals surface area contributed by atoms with Gasteiger partial charge in [-0.1, -0.05) is 69.0 Å². The highest BCUT2D eigenvalue weighted by Crippen LogP contribution is 2.31. The maximum atomic E-state index is 6.48. The van der Waals surface area contributed by atoms with Crippen molar-refractivity contribution in [2.75, 3.05) is 5.73 Å². The minimum absolute atomic E-state index is 0.463. The third-order valence-electron chi connectivity index (χ3n) is 4.33. The van der Waals surface area contributed by atoms with Gasteiger partial charge in [0.25, 0.3) is 0 Å². The van der Waals surface area contributed by atoms with E-state index in [-0.39, 0.29) is 0 Å². The summed E-state index contributed by atoms with van der Waals surface area (Å²) in [5, 5.41) is 0. The number of nitrogen functional groups attached to an aromatic ring is 1. The van der Waals surface area contributed by atoms with E-state index in [4.69, 9.17) is 5.73 Å². The van der Waals surface area contributed by atoms with Crippen LogP contribution in [0.15, 0.2) is 36.4 Å². The third kappa shape index (κ3) is 1.70. The van der Waals surface area contributed by atoms with Gasteiger partial charge in [-0.2, -0.15) is 0 Å². The fourth-order valence-electron chi connectivity index (χ4n) is 3.39. The van der Waals surface area contributed by atoms with Gasteiger partial charge >= 0.3 is 0 Å². The smallest absolute Gasteiger partial charge is 0.213 e. The average Bonchev–Trinajstić information content (AvgIpc) is 2.73. The number of hydrogen-bond acceptors (Lipinski definition) is 1. The second kappa shape index (κ2) is 4.45. The van der Waals surface area contributed by atoms with E-state index in [0.29, 0.717) is 12.6 Å². The largest absolute Gasteiger partial charge is 0.399 e. The summed E-state index contributed by atoms with van der Waals surface area (Å²) >= 11 is 0. The Labute approximate surface area is 115 Å².